The fourth-order valence-corrected chi connectivity index (χ4v) is 2.54. The average molecular weight is 228 g/mol. The van der Waals surface area contributed by atoms with Crippen LogP contribution in [0.25, 0.3) is 0 Å². The maximum Gasteiger partial charge on any atom is 0.0696 e. The van der Waals surface area contributed by atoms with Crippen LogP contribution in [0.3, 0.4) is 0 Å². The molecule has 2 saturated heterocycles. The van der Waals surface area contributed by atoms with Gasteiger partial charge in [-0.3, -0.25) is 4.90 Å². The molecule has 0 aromatic rings. The van der Waals surface area contributed by atoms with Crippen LogP contribution in [-0.4, -0.2) is 74.0 Å². The molecule has 0 aromatic heterocycles. The van der Waals surface area contributed by atoms with Gasteiger partial charge in [0.2, 0.25) is 0 Å². The largest absolute Gasteiger partial charge is 0.392 e. The van der Waals surface area contributed by atoms with Gasteiger partial charge in [-0.1, -0.05) is 0 Å². The fraction of sp³-hybridized carbons (Fsp3) is 1.00. The molecular formula is C12H24N2O2. The van der Waals surface area contributed by atoms with Gasteiger partial charge in [0.05, 0.1) is 6.10 Å². The minimum atomic E-state index is -0.160. The van der Waals surface area contributed by atoms with Crippen LogP contribution in [0.4, 0.5) is 0 Å². The second-order valence-corrected chi connectivity index (χ2v) is 5.12. The van der Waals surface area contributed by atoms with Crippen molar-refractivity contribution in [2.24, 2.45) is 5.92 Å². The van der Waals surface area contributed by atoms with Gasteiger partial charge in [-0.05, 0) is 25.8 Å². The lowest BCUT2D eigenvalue weighted by molar-refractivity contribution is -0.0114. The minimum absolute atomic E-state index is 0.160. The number of rotatable bonds is 3. The molecule has 94 valence electrons. The predicted molar refractivity (Wildman–Crippen MR) is 63.5 cm³/mol. The van der Waals surface area contributed by atoms with E-state index in [0.717, 1.165) is 58.8 Å². The third-order valence-corrected chi connectivity index (χ3v) is 3.85. The van der Waals surface area contributed by atoms with E-state index in [9.17, 15) is 5.11 Å². The highest BCUT2D eigenvalue weighted by atomic mass is 16.5. The summed E-state index contributed by atoms with van der Waals surface area (Å²) in [4.78, 5) is 4.73. The number of β-amino-alcohol motifs (C(OH)–C–C–N with tert-alkyl or cyclic N) is 1. The summed E-state index contributed by atoms with van der Waals surface area (Å²) in [5.41, 5.74) is 0. The van der Waals surface area contributed by atoms with Crippen LogP contribution in [0, 0.1) is 5.92 Å². The Bertz CT molecular complexity index is 199. The molecule has 2 fully saturated rings. The Morgan fingerprint density at radius 1 is 1.19 bits per heavy atom. The number of likely N-dealkylation sites (N-methyl/N-ethyl adjacent to an activating group) is 1. The highest BCUT2D eigenvalue weighted by Crippen LogP contribution is 2.19. The molecule has 0 amide bonds. The minimum Gasteiger partial charge on any atom is -0.392 e. The monoisotopic (exact) mass is 228 g/mol. The molecule has 2 aliphatic heterocycles. The average Bonchev–Trinajstić information content (AvgIpc) is 2.33. The maximum absolute atomic E-state index is 10.2. The molecular weight excluding hydrogens is 204 g/mol. The van der Waals surface area contributed by atoms with Crippen molar-refractivity contribution >= 4 is 0 Å². The van der Waals surface area contributed by atoms with Crippen molar-refractivity contribution in [2.75, 3.05) is 53.0 Å². The van der Waals surface area contributed by atoms with Gasteiger partial charge in [-0.15, -0.1) is 0 Å². The molecule has 2 aliphatic rings. The third kappa shape index (κ3) is 3.42. The van der Waals surface area contributed by atoms with Crippen molar-refractivity contribution < 1.29 is 9.84 Å². The van der Waals surface area contributed by atoms with Crippen LogP contribution < -0.4 is 0 Å². The van der Waals surface area contributed by atoms with Crippen LogP contribution in [0.5, 0.6) is 0 Å². The van der Waals surface area contributed by atoms with E-state index in [1.807, 2.05) is 0 Å². The Morgan fingerprint density at radius 3 is 2.44 bits per heavy atom. The van der Waals surface area contributed by atoms with Crippen molar-refractivity contribution in [3.8, 4) is 0 Å². The van der Waals surface area contributed by atoms with Gasteiger partial charge < -0.3 is 14.7 Å². The second-order valence-electron chi connectivity index (χ2n) is 5.12. The number of aliphatic hydroxyl groups excluding tert-OH is 1. The molecule has 1 unspecified atom stereocenters. The highest BCUT2D eigenvalue weighted by molar-refractivity contribution is 4.77. The van der Waals surface area contributed by atoms with E-state index in [0.29, 0.717) is 5.92 Å². The van der Waals surface area contributed by atoms with Gasteiger partial charge >= 0.3 is 0 Å². The lowest BCUT2D eigenvalue weighted by atomic mass is 9.93. The first kappa shape index (κ1) is 12.3. The lowest BCUT2D eigenvalue weighted by Gasteiger charge is -2.36. The number of piperazine rings is 1. The van der Waals surface area contributed by atoms with E-state index in [4.69, 9.17) is 4.74 Å². The smallest absolute Gasteiger partial charge is 0.0696 e. The molecule has 1 atom stereocenters. The first-order valence-electron chi connectivity index (χ1n) is 6.42. The molecule has 16 heavy (non-hydrogen) atoms. The number of hydrogen-bond donors (Lipinski definition) is 1. The van der Waals surface area contributed by atoms with Gasteiger partial charge in [-0.25, -0.2) is 0 Å². The first-order valence-corrected chi connectivity index (χ1v) is 6.42. The summed E-state index contributed by atoms with van der Waals surface area (Å²) >= 11 is 0. The summed E-state index contributed by atoms with van der Waals surface area (Å²) < 4.78 is 5.32. The molecule has 2 heterocycles. The van der Waals surface area contributed by atoms with E-state index in [2.05, 4.69) is 16.8 Å². The summed E-state index contributed by atoms with van der Waals surface area (Å²) in [6.45, 7) is 6.93. The molecule has 0 radical (unpaired) electrons. The van der Waals surface area contributed by atoms with Crippen molar-refractivity contribution in [3.05, 3.63) is 0 Å². The van der Waals surface area contributed by atoms with E-state index in [1.165, 1.54) is 0 Å². The van der Waals surface area contributed by atoms with E-state index in [1.54, 1.807) is 0 Å². The van der Waals surface area contributed by atoms with E-state index in [-0.39, 0.29) is 6.10 Å². The maximum atomic E-state index is 10.2. The van der Waals surface area contributed by atoms with Gasteiger partial charge in [0, 0.05) is 45.9 Å². The third-order valence-electron chi connectivity index (χ3n) is 3.85. The molecule has 0 bridgehead atoms. The molecule has 0 aliphatic carbocycles. The molecule has 4 heteroatoms. The first-order chi connectivity index (χ1) is 7.75. The normalized spacial score (nSPS) is 28.1. The SMILES string of the molecule is CN1CCN(CC(O)C2CCOCC2)CC1. The predicted octanol–water partition coefficient (Wildman–Crippen LogP) is 0.0213. The number of ether oxygens (including phenoxy) is 1. The number of aliphatic hydroxyl groups is 1. The Morgan fingerprint density at radius 2 is 1.81 bits per heavy atom. The summed E-state index contributed by atoms with van der Waals surface area (Å²) in [5.74, 6) is 0.452. The van der Waals surface area contributed by atoms with Gasteiger partial charge in [0.1, 0.15) is 0 Å². The second kappa shape index (κ2) is 5.96. The standard InChI is InChI=1S/C12H24N2O2/c1-13-4-6-14(7-5-13)10-12(15)11-2-8-16-9-3-11/h11-12,15H,2-10H2,1H3. The topological polar surface area (TPSA) is 35.9 Å². The molecule has 0 spiro atoms. The van der Waals surface area contributed by atoms with Gasteiger partial charge in [0.25, 0.3) is 0 Å². The van der Waals surface area contributed by atoms with Crippen LogP contribution >= 0.6 is 0 Å². The molecule has 0 aromatic carbocycles. The molecule has 2 rings (SSSR count). The van der Waals surface area contributed by atoms with Crippen molar-refractivity contribution in [1.82, 2.24) is 9.80 Å². The summed E-state index contributed by atoms with van der Waals surface area (Å²) in [7, 11) is 2.16. The Hall–Kier alpha value is -0.160. The highest BCUT2D eigenvalue weighted by Gasteiger charge is 2.25. The number of nitrogens with zero attached hydrogens (tertiary/aromatic N) is 2. The molecule has 1 N–H and O–H groups in total. The van der Waals surface area contributed by atoms with Crippen LogP contribution in [0.1, 0.15) is 12.8 Å². The summed E-state index contributed by atoms with van der Waals surface area (Å²) in [5, 5.41) is 10.2. The van der Waals surface area contributed by atoms with Crippen LogP contribution in [0.15, 0.2) is 0 Å². The molecule has 4 nitrogen and oxygen atoms in total. The van der Waals surface area contributed by atoms with E-state index >= 15 is 0 Å². The van der Waals surface area contributed by atoms with Crippen molar-refractivity contribution in [1.29, 1.82) is 0 Å². The van der Waals surface area contributed by atoms with Gasteiger partial charge in [-0.2, -0.15) is 0 Å². The Labute approximate surface area is 98.2 Å². The van der Waals surface area contributed by atoms with Crippen LogP contribution in [-0.2, 0) is 4.74 Å². The zero-order chi connectivity index (χ0) is 11.4. The Kier molecular flexibility index (Phi) is 4.58. The zero-order valence-corrected chi connectivity index (χ0v) is 10.3. The lowest BCUT2D eigenvalue weighted by Crippen LogP contribution is -2.48. The fourth-order valence-electron chi connectivity index (χ4n) is 2.54. The van der Waals surface area contributed by atoms with Crippen molar-refractivity contribution in [2.45, 2.75) is 18.9 Å². The summed E-state index contributed by atoms with van der Waals surface area (Å²) in [6.07, 6.45) is 1.89. The quantitative estimate of drug-likeness (QED) is 0.739. The van der Waals surface area contributed by atoms with E-state index < -0.39 is 0 Å². The molecule has 0 saturated carbocycles. The van der Waals surface area contributed by atoms with Crippen molar-refractivity contribution in [3.63, 3.8) is 0 Å². The zero-order valence-electron chi connectivity index (χ0n) is 10.3. The summed E-state index contributed by atoms with van der Waals surface area (Å²) in [6, 6.07) is 0. The number of hydrogen-bond acceptors (Lipinski definition) is 4. The Balaban J connectivity index is 1.71. The van der Waals surface area contributed by atoms with Gasteiger partial charge in [0.15, 0.2) is 0 Å². The van der Waals surface area contributed by atoms with Crippen LogP contribution in [0.2, 0.25) is 0 Å².